The van der Waals surface area contributed by atoms with E-state index in [2.05, 4.69) is 16.1 Å². The summed E-state index contributed by atoms with van der Waals surface area (Å²) in [7, 11) is 0. The van der Waals surface area contributed by atoms with Gasteiger partial charge in [-0.1, -0.05) is 69.4 Å². The number of hydroxylamine groups is 2. The molecule has 0 radical (unpaired) electrons. The van der Waals surface area contributed by atoms with E-state index >= 15 is 0 Å². The maximum absolute atomic E-state index is 14.4. The van der Waals surface area contributed by atoms with Crippen molar-refractivity contribution < 1.29 is 53.7 Å². The number of ether oxygens (including phenoxy) is 1. The average molecular weight is 850 g/mol. The number of fused-ring (bicyclic) bond motifs is 2. The Labute approximate surface area is 358 Å². The highest BCUT2D eigenvalue weighted by Gasteiger charge is 2.39. The molecule has 0 saturated carbocycles. The number of phenolic OH excluding ortho intramolecular Hbond substituents is 1. The highest BCUT2D eigenvalue weighted by Crippen LogP contribution is 2.27. The third kappa shape index (κ3) is 13.9. The fraction of sp³-hybridized carbons (Fsp3) is 0.556. The van der Waals surface area contributed by atoms with Gasteiger partial charge in [0.05, 0.1) is 24.7 Å². The Bertz CT molecular complexity index is 1850. The van der Waals surface area contributed by atoms with E-state index in [1.807, 2.05) is 0 Å². The van der Waals surface area contributed by atoms with Crippen molar-refractivity contribution in [1.82, 2.24) is 26.1 Å². The predicted octanol–water partition coefficient (Wildman–Crippen LogP) is 3.32. The van der Waals surface area contributed by atoms with Crippen molar-refractivity contribution in [3.05, 3.63) is 77.4 Å². The summed E-state index contributed by atoms with van der Waals surface area (Å²) in [5, 5.41) is 41.3. The third-order valence-corrected chi connectivity index (χ3v) is 11.2. The van der Waals surface area contributed by atoms with Crippen molar-refractivity contribution in [1.29, 1.82) is 0 Å². The van der Waals surface area contributed by atoms with Gasteiger partial charge in [-0.15, -0.1) is 0 Å². The summed E-state index contributed by atoms with van der Waals surface area (Å²) in [6.45, 7) is 10.9. The first kappa shape index (κ1) is 48.5. The van der Waals surface area contributed by atoms with E-state index in [0.717, 1.165) is 12.8 Å². The smallest absolute Gasteiger partial charge is 0.325 e. The van der Waals surface area contributed by atoms with Crippen LogP contribution < -0.4 is 16.1 Å². The molecule has 3 aliphatic heterocycles. The molecule has 4 rings (SSSR count). The van der Waals surface area contributed by atoms with E-state index < -0.39 is 77.9 Å². The molecule has 16 nitrogen and oxygen atoms in total. The molecule has 2 fully saturated rings. The number of carbonyl (C=O) groups is 6. The topological polar surface area (TPSA) is 224 Å². The van der Waals surface area contributed by atoms with Gasteiger partial charge in [0, 0.05) is 37.9 Å². The number of phenols is 1. The number of esters is 1. The molecular weight excluding hydrogens is 787 g/mol. The van der Waals surface area contributed by atoms with Crippen molar-refractivity contribution in [2.75, 3.05) is 19.7 Å². The van der Waals surface area contributed by atoms with Crippen LogP contribution in [-0.2, 0) is 38.3 Å². The van der Waals surface area contributed by atoms with E-state index in [-0.39, 0.29) is 48.8 Å². The normalized spacial score (nSPS) is 29.2. The van der Waals surface area contributed by atoms with Gasteiger partial charge in [-0.25, -0.2) is 10.5 Å². The number of aliphatic hydroxyl groups is 2. The lowest BCUT2D eigenvalue weighted by Gasteiger charge is -2.36. The molecule has 334 valence electrons. The van der Waals surface area contributed by atoms with Gasteiger partial charge in [-0.3, -0.25) is 33.8 Å². The number of rotatable bonds is 8. The van der Waals surface area contributed by atoms with Crippen LogP contribution in [0.1, 0.15) is 96.7 Å². The van der Waals surface area contributed by atoms with Gasteiger partial charge in [-0.2, -0.15) is 0 Å². The quantitative estimate of drug-likeness (QED) is 0.126. The monoisotopic (exact) mass is 849 g/mol. The lowest BCUT2D eigenvalue weighted by molar-refractivity contribution is -0.191. The number of hydrazine groups is 1. The molecule has 0 aromatic heterocycles. The van der Waals surface area contributed by atoms with E-state index in [4.69, 9.17) is 9.57 Å². The van der Waals surface area contributed by atoms with E-state index in [1.54, 1.807) is 77.1 Å². The Morgan fingerprint density at radius 2 is 1.75 bits per heavy atom. The molecule has 16 heteroatoms. The van der Waals surface area contributed by atoms with Crippen LogP contribution in [0.5, 0.6) is 5.75 Å². The second kappa shape index (κ2) is 23.2. The summed E-state index contributed by atoms with van der Waals surface area (Å²) in [6.07, 6.45) is 10.0. The Morgan fingerprint density at radius 3 is 2.43 bits per heavy atom. The second-order valence-corrected chi connectivity index (χ2v) is 16.4. The molecule has 1 aromatic carbocycles. The number of hydrogen-bond acceptors (Lipinski definition) is 12. The number of carbonyl (C=O) groups excluding carboxylic acids is 6. The molecule has 3 aliphatic rings. The SMILES string of the molecule is CC(=O)CC[C@H]1C(=O)N[C@@H](C(C)C)C(=O)NC(c2ccc(C)c(O)c2)C(=O)N2CCCC(N2)C(=O)O[C@H](/C(C)=C/C=C/C(=O)N2CCCCO2)C/C=C/C=C/[C@H](O)[C@H](C)[C@H]1O. The largest absolute Gasteiger partial charge is 0.508 e. The van der Waals surface area contributed by atoms with Gasteiger partial charge in [0.1, 0.15) is 35.8 Å². The number of Topliss-reactive ketones (excluding diaryl/α,β-unsaturated/α-hetero) is 1. The van der Waals surface area contributed by atoms with Crippen LogP contribution in [0.25, 0.3) is 0 Å². The minimum atomic E-state index is -1.43. The maximum Gasteiger partial charge on any atom is 0.325 e. The Morgan fingerprint density at radius 1 is 1.00 bits per heavy atom. The van der Waals surface area contributed by atoms with Gasteiger partial charge >= 0.3 is 5.97 Å². The summed E-state index contributed by atoms with van der Waals surface area (Å²) in [6, 6.07) is 0.999. The molecule has 6 N–H and O–H groups in total. The third-order valence-electron chi connectivity index (χ3n) is 11.2. The molecule has 0 aliphatic carbocycles. The van der Waals surface area contributed by atoms with Crippen molar-refractivity contribution in [2.24, 2.45) is 17.8 Å². The highest BCUT2D eigenvalue weighted by atomic mass is 16.7. The molecule has 1 aromatic rings. The van der Waals surface area contributed by atoms with Crippen LogP contribution in [0.15, 0.2) is 66.3 Å². The van der Waals surface area contributed by atoms with Crippen LogP contribution in [0.2, 0.25) is 0 Å². The first-order valence-electron chi connectivity index (χ1n) is 21.1. The van der Waals surface area contributed by atoms with E-state index in [0.29, 0.717) is 37.1 Å². The van der Waals surface area contributed by atoms with Gasteiger partial charge < -0.3 is 35.5 Å². The van der Waals surface area contributed by atoms with Gasteiger partial charge in [0.25, 0.3) is 11.8 Å². The van der Waals surface area contributed by atoms with Crippen molar-refractivity contribution in [3.63, 3.8) is 0 Å². The summed E-state index contributed by atoms with van der Waals surface area (Å²) >= 11 is 0. The Hall–Kier alpha value is -5.16. The van der Waals surface area contributed by atoms with Crippen LogP contribution in [-0.4, -0.2) is 111 Å². The molecular formula is C45H63N5O11. The number of allylic oxidation sites excluding steroid dienone is 4. The molecule has 4 amide bonds. The number of aliphatic hydroxyl groups excluding tert-OH is 2. The molecule has 2 bridgehead atoms. The maximum atomic E-state index is 14.4. The molecule has 2 saturated heterocycles. The lowest BCUT2D eigenvalue weighted by atomic mass is 9.84. The number of cyclic esters (lactones) is 1. The molecule has 61 heavy (non-hydrogen) atoms. The van der Waals surface area contributed by atoms with Crippen molar-refractivity contribution >= 4 is 35.4 Å². The summed E-state index contributed by atoms with van der Waals surface area (Å²) < 4.78 is 6.04. The van der Waals surface area contributed by atoms with Gasteiger partial charge in [-0.05, 0) is 81.6 Å². The number of aryl methyl sites for hydroxylation is 1. The summed E-state index contributed by atoms with van der Waals surface area (Å²) in [4.78, 5) is 86.5. The molecule has 0 spiro atoms. The molecule has 8 atom stereocenters. The first-order valence-corrected chi connectivity index (χ1v) is 21.1. The number of amides is 4. The number of nitrogens with zero attached hydrogens (tertiary/aromatic N) is 2. The molecule has 3 heterocycles. The summed E-state index contributed by atoms with van der Waals surface area (Å²) in [5.74, 6) is -5.97. The van der Waals surface area contributed by atoms with E-state index in [9.17, 15) is 44.1 Å². The number of hydrogen-bond donors (Lipinski definition) is 6. The second-order valence-electron chi connectivity index (χ2n) is 16.4. The zero-order valence-electron chi connectivity index (χ0n) is 36.0. The van der Waals surface area contributed by atoms with Crippen LogP contribution in [0, 0.1) is 24.7 Å². The predicted molar refractivity (Wildman–Crippen MR) is 226 cm³/mol. The minimum absolute atomic E-state index is 0.0367. The summed E-state index contributed by atoms with van der Waals surface area (Å²) in [5.41, 5.74) is 4.37. The van der Waals surface area contributed by atoms with Crippen LogP contribution in [0.4, 0.5) is 0 Å². The first-order chi connectivity index (χ1) is 29.0. The van der Waals surface area contributed by atoms with Gasteiger partial charge in [0.15, 0.2) is 0 Å². The lowest BCUT2D eigenvalue weighted by Crippen LogP contribution is -2.59. The van der Waals surface area contributed by atoms with Crippen molar-refractivity contribution in [3.8, 4) is 5.75 Å². The molecule has 2 unspecified atom stereocenters. The number of benzene rings is 1. The fourth-order valence-electron chi connectivity index (χ4n) is 7.20. The number of aromatic hydroxyl groups is 1. The fourth-order valence-corrected chi connectivity index (χ4v) is 7.20. The number of nitrogens with one attached hydrogen (secondary N) is 3. The van der Waals surface area contributed by atoms with E-state index in [1.165, 1.54) is 35.2 Å². The average Bonchev–Trinajstić information content (AvgIpc) is 3.24. The standard InChI is InChI=1S/C45H63N5O11/c1-27(2)39-43(57)47-40(32-21-19-28(3)36(53)26-32)44(58)49-23-13-15-34(48-49)45(59)61-37(29(4)14-12-18-38(54)50-24-10-11-25-60-50)17-9-7-8-16-35(52)31(6)41(55)33(42(56)46-39)22-20-30(5)51/h7-9,12,14,16,18-19,21,26-27,31,33-35,37,39-41,48,52-53,55H,10-11,13,15,17,20,22-25H2,1-6H3,(H,46,56)(H,47,57)/b9-7+,16-8+,18-12+,29-14+/t31-,33+,34?,35-,37-,39-,40?,41+/m0/s1. The zero-order chi connectivity index (χ0) is 44.8. The Balaban J connectivity index is 1.72. The Kier molecular flexibility index (Phi) is 18.4. The van der Waals surface area contributed by atoms with Crippen LogP contribution in [0.3, 0.4) is 0 Å². The number of ketones is 1. The highest BCUT2D eigenvalue weighted by molar-refractivity contribution is 5.93. The zero-order valence-corrected chi connectivity index (χ0v) is 36.0. The van der Waals surface area contributed by atoms with Crippen molar-refractivity contribution in [2.45, 2.75) is 123 Å². The minimum Gasteiger partial charge on any atom is -0.508 e. The van der Waals surface area contributed by atoms with Gasteiger partial charge in [0.2, 0.25) is 11.8 Å². The van der Waals surface area contributed by atoms with Crippen LogP contribution >= 0.6 is 0 Å².